The lowest BCUT2D eigenvalue weighted by Crippen LogP contribution is -2.31. The first-order chi connectivity index (χ1) is 36.5. The van der Waals surface area contributed by atoms with Crippen LogP contribution in [-0.2, 0) is 25.0 Å². The van der Waals surface area contributed by atoms with Crippen LogP contribution in [-0.4, -0.2) is 50.1 Å². The van der Waals surface area contributed by atoms with Gasteiger partial charge in [-0.2, -0.15) is 0 Å². The van der Waals surface area contributed by atoms with Crippen LogP contribution in [0.4, 0.5) is 0 Å². The molecule has 0 amide bonds. The van der Waals surface area contributed by atoms with Gasteiger partial charge >= 0.3 is 0 Å². The zero-order chi connectivity index (χ0) is 49.4. The van der Waals surface area contributed by atoms with E-state index in [1.807, 2.05) is 44.8 Å². The topological polar surface area (TPSA) is 112 Å². The Kier molecular flexibility index (Phi) is 11.2. The molecule has 0 unspecified atom stereocenters. The molecule has 3 heterocycles. The van der Waals surface area contributed by atoms with E-state index in [1.54, 1.807) is 12.1 Å². The van der Waals surface area contributed by atoms with Crippen molar-refractivity contribution in [2.24, 2.45) is 0 Å². The van der Waals surface area contributed by atoms with Crippen LogP contribution < -0.4 is 0 Å². The van der Waals surface area contributed by atoms with E-state index < -0.39 is 5.41 Å². The summed E-state index contributed by atoms with van der Waals surface area (Å²) in [6, 6.07) is 78.1. The van der Waals surface area contributed by atoms with Gasteiger partial charge in [-0.3, -0.25) is 0 Å². The molecular weight excluding hydrogens is 911 g/mol. The van der Waals surface area contributed by atoms with Crippen molar-refractivity contribution in [1.29, 1.82) is 0 Å². The number of benzene rings is 10. The molecule has 0 bridgehead atoms. The minimum absolute atomic E-state index is 0.189. The molecule has 13 rings (SSSR count). The van der Waals surface area contributed by atoms with Gasteiger partial charge in [-0.15, -0.1) is 15.3 Å². The van der Waals surface area contributed by atoms with Gasteiger partial charge in [-0.05, 0) is 102 Å². The molecule has 74 heavy (non-hydrogen) atoms. The Balaban J connectivity index is 0.856. The van der Waals surface area contributed by atoms with Gasteiger partial charge in [0.1, 0.15) is 22.8 Å². The highest BCUT2D eigenvalue weighted by atomic mass is 16.3. The number of phenols is 1. The molecule has 0 aliphatic carbocycles. The highest BCUT2D eigenvalue weighted by Crippen LogP contribution is 2.47. The fourth-order valence-electron chi connectivity index (χ4n) is 10.5. The average Bonchev–Trinajstić information content (AvgIpc) is 4.25. The quantitative estimate of drug-likeness (QED) is 0.115. The molecule has 0 spiro atoms. The number of phenolic OH excluding ortho intramolecular Hbond substituents is 1. The first-order valence-electron chi connectivity index (χ1n) is 24.7. The molecule has 354 valence electrons. The number of nitrogens with zero attached hydrogens (tertiary/aromatic N) is 9. The van der Waals surface area contributed by atoms with E-state index in [0.29, 0.717) is 19.6 Å². The summed E-state index contributed by atoms with van der Waals surface area (Å²) in [6.45, 7) is 1.81. The van der Waals surface area contributed by atoms with Crippen LogP contribution in [0.25, 0.3) is 66.1 Å². The Labute approximate surface area is 427 Å². The second-order valence-corrected chi connectivity index (χ2v) is 19.0. The zero-order valence-corrected chi connectivity index (χ0v) is 40.2. The number of aromatic nitrogens is 9. The number of fused-ring (bicyclic) bond motifs is 3. The van der Waals surface area contributed by atoms with Crippen molar-refractivity contribution in [3.05, 3.63) is 282 Å². The normalized spacial score (nSPS) is 11.7. The summed E-state index contributed by atoms with van der Waals surface area (Å²) in [7, 11) is 0. The van der Waals surface area contributed by atoms with Crippen LogP contribution in [0, 0.1) is 0 Å². The molecule has 10 aromatic carbocycles. The van der Waals surface area contributed by atoms with E-state index in [0.717, 1.165) is 72.7 Å². The van der Waals surface area contributed by atoms with Gasteiger partial charge in [0.2, 0.25) is 0 Å². The molecule has 0 saturated carbocycles. The maximum atomic E-state index is 10.7. The standard InChI is InChI=1S/C64H47N9O/c74-60-33-31-59(32-34-60)64(56-25-19-50(20-26-56)61-41-71(68-65-61)38-44-13-16-47-7-1-4-10-53(47)35-44,57-27-21-51(22-28-57)62-42-72(69-66-62)39-45-14-17-48-8-2-5-11-54(48)36-45)58-29-23-52(24-30-58)63-43-73(70-67-63)40-46-15-18-49-9-3-6-12-55(49)37-46/h1-37,41-43,74H,38-40H2. The zero-order valence-electron chi connectivity index (χ0n) is 40.2. The van der Waals surface area contributed by atoms with Gasteiger partial charge in [0.15, 0.2) is 0 Å². The summed E-state index contributed by atoms with van der Waals surface area (Å²) in [5, 5.41) is 45.4. The molecule has 0 fully saturated rings. The predicted octanol–water partition coefficient (Wildman–Crippen LogP) is 13.2. The molecule has 10 heteroatoms. The van der Waals surface area contributed by atoms with Gasteiger partial charge in [-0.25, -0.2) is 14.0 Å². The Morgan fingerprint density at radius 1 is 0.311 bits per heavy atom. The number of aromatic hydroxyl groups is 1. The van der Waals surface area contributed by atoms with E-state index in [4.69, 9.17) is 0 Å². The van der Waals surface area contributed by atoms with Crippen LogP contribution in [0.2, 0.25) is 0 Å². The first kappa shape index (κ1) is 44.2. The third-order valence-corrected chi connectivity index (χ3v) is 14.2. The van der Waals surface area contributed by atoms with Gasteiger partial charge in [0, 0.05) is 16.7 Å². The van der Waals surface area contributed by atoms with E-state index in [2.05, 4.69) is 231 Å². The van der Waals surface area contributed by atoms with E-state index in [1.165, 1.54) is 32.3 Å². The van der Waals surface area contributed by atoms with E-state index in [9.17, 15) is 5.11 Å². The summed E-state index contributed by atoms with van der Waals surface area (Å²) < 4.78 is 5.67. The van der Waals surface area contributed by atoms with Crippen LogP contribution in [0.5, 0.6) is 5.75 Å². The minimum Gasteiger partial charge on any atom is -0.508 e. The lowest BCUT2D eigenvalue weighted by Gasteiger charge is -2.37. The molecule has 3 aromatic heterocycles. The number of hydrogen-bond acceptors (Lipinski definition) is 7. The lowest BCUT2D eigenvalue weighted by molar-refractivity contribution is 0.475. The van der Waals surface area contributed by atoms with Gasteiger partial charge in [0.05, 0.1) is 43.6 Å². The maximum Gasteiger partial charge on any atom is 0.115 e. The van der Waals surface area contributed by atoms with Crippen LogP contribution in [0.1, 0.15) is 38.9 Å². The molecule has 0 radical (unpaired) electrons. The van der Waals surface area contributed by atoms with Gasteiger partial charge in [-0.1, -0.05) is 210 Å². The van der Waals surface area contributed by atoms with E-state index in [-0.39, 0.29) is 5.75 Å². The monoisotopic (exact) mass is 957 g/mol. The number of rotatable bonds is 13. The molecule has 0 aliphatic rings. The summed E-state index contributed by atoms with van der Waals surface area (Å²) >= 11 is 0. The van der Waals surface area contributed by atoms with Crippen LogP contribution in [0.15, 0.2) is 243 Å². The summed E-state index contributed by atoms with van der Waals surface area (Å²) in [5.74, 6) is 0.189. The Morgan fingerprint density at radius 2 is 0.595 bits per heavy atom. The highest BCUT2D eigenvalue weighted by Gasteiger charge is 2.39. The van der Waals surface area contributed by atoms with Crippen molar-refractivity contribution in [3.63, 3.8) is 0 Å². The minimum atomic E-state index is -0.849. The fourth-order valence-corrected chi connectivity index (χ4v) is 10.5. The molecule has 1 N–H and O–H groups in total. The van der Waals surface area contributed by atoms with Crippen LogP contribution in [0.3, 0.4) is 0 Å². The molecule has 0 atom stereocenters. The maximum absolute atomic E-state index is 10.7. The SMILES string of the molecule is Oc1ccc(C(c2ccc(-c3cn(Cc4ccc5ccccc5c4)nn3)cc2)(c2ccc(-c3cn(Cc4ccc5ccccc5c4)nn3)cc2)c2ccc(-c3cn(Cc4ccc5ccccc5c4)nn3)cc2)cc1. The summed E-state index contributed by atoms with van der Waals surface area (Å²) in [6.07, 6.45) is 6.01. The third-order valence-electron chi connectivity index (χ3n) is 14.2. The van der Waals surface area contributed by atoms with Crippen molar-refractivity contribution in [2.45, 2.75) is 25.0 Å². The van der Waals surface area contributed by atoms with Gasteiger partial charge in [0.25, 0.3) is 0 Å². The number of hydrogen-bond donors (Lipinski definition) is 1. The largest absolute Gasteiger partial charge is 0.508 e. The Bertz CT molecular complexity index is 3730. The summed E-state index contributed by atoms with van der Waals surface area (Å²) in [5.41, 5.74) is 11.9. The van der Waals surface area contributed by atoms with Crippen LogP contribution >= 0.6 is 0 Å². The Morgan fingerprint density at radius 3 is 0.905 bits per heavy atom. The van der Waals surface area contributed by atoms with Crippen molar-refractivity contribution in [2.75, 3.05) is 0 Å². The molecule has 0 aliphatic heterocycles. The highest BCUT2D eigenvalue weighted by molar-refractivity contribution is 5.84. The Hall–Kier alpha value is -9.80. The summed E-state index contributed by atoms with van der Waals surface area (Å²) in [4.78, 5) is 0. The molecule has 13 aromatic rings. The van der Waals surface area contributed by atoms with Crippen molar-refractivity contribution < 1.29 is 5.11 Å². The van der Waals surface area contributed by atoms with Gasteiger partial charge < -0.3 is 5.11 Å². The van der Waals surface area contributed by atoms with Crippen molar-refractivity contribution in [1.82, 2.24) is 45.0 Å². The lowest BCUT2D eigenvalue weighted by atomic mass is 9.65. The van der Waals surface area contributed by atoms with Crippen molar-refractivity contribution in [3.8, 4) is 39.5 Å². The molecular formula is C64H47N9O. The predicted molar refractivity (Wildman–Crippen MR) is 293 cm³/mol. The van der Waals surface area contributed by atoms with E-state index >= 15 is 0 Å². The molecule has 0 saturated heterocycles. The first-order valence-corrected chi connectivity index (χ1v) is 24.7. The average molecular weight is 958 g/mol. The molecule has 10 nitrogen and oxygen atoms in total. The second kappa shape index (κ2) is 18.7. The smallest absolute Gasteiger partial charge is 0.115 e. The second-order valence-electron chi connectivity index (χ2n) is 19.0. The van der Waals surface area contributed by atoms with Crippen molar-refractivity contribution >= 4 is 32.3 Å². The fraction of sp³-hybridized carbons (Fsp3) is 0.0625. The third kappa shape index (κ3) is 8.54.